The summed E-state index contributed by atoms with van der Waals surface area (Å²) in [5.74, 6) is 1.76. The molecule has 7 atom stereocenters. The van der Waals surface area contributed by atoms with E-state index >= 15 is 0 Å². The zero-order valence-electron chi connectivity index (χ0n) is 25.9. The molecule has 2 aromatic rings. The number of aromatic nitrogens is 1. The lowest BCUT2D eigenvalue weighted by molar-refractivity contribution is 0.0131. The van der Waals surface area contributed by atoms with Crippen molar-refractivity contribution in [2.45, 2.75) is 68.6 Å². The van der Waals surface area contributed by atoms with Gasteiger partial charge in [0.1, 0.15) is 16.7 Å². The number of amides is 1. The summed E-state index contributed by atoms with van der Waals surface area (Å²) in [6.07, 6.45) is 10.9. The van der Waals surface area contributed by atoms with E-state index in [1.807, 2.05) is 12.1 Å². The Hall–Kier alpha value is -2.46. The number of anilines is 1. The molecule has 10 heteroatoms. The molecule has 0 radical (unpaired) electrons. The van der Waals surface area contributed by atoms with Gasteiger partial charge in [-0.15, -0.1) is 0 Å². The third kappa shape index (κ3) is 6.30. The molecular weight excluding hydrogens is 598 g/mol. The number of rotatable bonds is 4. The predicted octanol–water partition coefficient (Wildman–Crippen LogP) is 5.64. The Morgan fingerprint density at radius 2 is 2.09 bits per heavy atom. The fraction of sp³-hybridized carbons (Fsp3) is 0.588. The van der Waals surface area contributed by atoms with E-state index in [9.17, 15) is 9.00 Å². The van der Waals surface area contributed by atoms with Crippen molar-refractivity contribution in [3.63, 3.8) is 0 Å². The van der Waals surface area contributed by atoms with Crippen molar-refractivity contribution in [3.05, 3.63) is 64.3 Å². The van der Waals surface area contributed by atoms with E-state index in [4.69, 9.17) is 30.8 Å². The summed E-state index contributed by atoms with van der Waals surface area (Å²) in [5.41, 5.74) is 2.59. The summed E-state index contributed by atoms with van der Waals surface area (Å²) in [6.45, 7) is 4.59. The fourth-order valence-electron chi connectivity index (χ4n) is 7.67. The van der Waals surface area contributed by atoms with Crippen LogP contribution in [0, 0.1) is 17.8 Å². The van der Waals surface area contributed by atoms with Crippen LogP contribution in [-0.4, -0.2) is 67.0 Å². The monoisotopic (exact) mass is 641 g/mol. The summed E-state index contributed by atoms with van der Waals surface area (Å²) in [6, 6.07) is 9.79. The van der Waals surface area contributed by atoms with Crippen molar-refractivity contribution < 1.29 is 23.2 Å². The Kier molecular flexibility index (Phi) is 9.66. The first-order valence-corrected chi connectivity index (χ1v) is 17.5. The minimum absolute atomic E-state index is 0.00461. The number of hydrogen-bond donors (Lipinski definition) is 1. The highest BCUT2D eigenvalue weighted by molar-refractivity contribution is 7.84. The van der Waals surface area contributed by atoms with Gasteiger partial charge in [-0.3, -0.25) is 9.52 Å². The number of benzene rings is 1. The summed E-state index contributed by atoms with van der Waals surface area (Å²) < 4.78 is 34.2. The van der Waals surface area contributed by atoms with Gasteiger partial charge in [-0.2, -0.15) is 0 Å². The van der Waals surface area contributed by atoms with E-state index in [2.05, 4.69) is 40.8 Å². The van der Waals surface area contributed by atoms with Crippen molar-refractivity contribution in [3.8, 4) is 5.75 Å². The predicted molar refractivity (Wildman–Crippen MR) is 174 cm³/mol. The largest absolute Gasteiger partial charge is 0.489 e. The normalized spacial score (nSPS) is 32.8. The van der Waals surface area contributed by atoms with E-state index in [0.717, 1.165) is 56.6 Å². The van der Waals surface area contributed by atoms with Gasteiger partial charge in [-0.1, -0.05) is 36.7 Å². The highest BCUT2D eigenvalue weighted by atomic mass is 35.5. The van der Waals surface area contributed by atoms with Gasteiger partial charge in [0.25, 0.3) is 5.91 Å². The summed E-state index contributed by atoms with van der Waals surface area (Å²) in [4.78, 5) is 20.8. The molecule has 1 spiro atoms. The van der Waals surface area contributed by atoms with Crippen LogP contribution in [-0.2, 0) is 32.3 Å². The van der Waals surface area contributed by atoms with E-state index in [-0.39, 0.29) is 28.4 Å². The Bertz CT molecular complexity index is 1420. The maximum atomic E-state index is 13.6. The molecule has 1 saturated carbocycles. The molecule has 238 valence electrons. The zero-order valence-corrected chi connectivity index (χ0v) is 27.5. The first-order valence-electron chi connectivity index (χ1n) is 15.9. The third-order valence-electron chi connectivity index (χ3n) is 10.3. The second-order valence-electron chi connectivity index (χ2n) is 13.0. The van der Waals surface area contributed by atoms with Gasteiger partial charge in [0.05, 0.1) is 18.0 Å². The minimum atomic E-state index is -1.62. The molecule has 2 aliphatic carbocycles. The quantitative estimate of drug-likeness (QED) is 0.432. The first kappa shape index (κ1) is 31.5. The molecule has 3 heterocycles. The van der Waals surface area contributed by atoms with Crippen molar-refractivity contribution >= 4 is 34.3 Å². The molecule has 2 bridgehead atoms. The van der Waals surface area contributed by atoms with E-state index in [1.165, 1.54) is 11.1 Å². The lowest BCUT2D eigenvalue weighted by Gasteiger charge is -2.45. The van der Waals surface area contributed by atoms with Gasteiger partial charge in [-0.05, 0) is 98.1 Å². The van der Waals surface area contributed by atoms with E-state index in [0.29, 0.717) is 43.0 Å². The lowest BCUT2D eigenvalue weighted by atomic mass is 9.68. The summed E-state index contributed by atoms with van der Waals surface area (Å²) >= 11 is 6.42. The standard InChI is InChI=1S/C34H44ClN3O5S/c1-22-6-4-8-29(42-3)26-11-9-24(26)19-38-20-34(16-5-7-23-18-25(35)10-12-27(23)34)21-43-30-14-13-28(36-32(30)38)33(39)37-44(40)31(22)15-17-41-2/h4,8,10,12-14,18,22,24,26,29,31H,5-7,9,11,15-17,19-21H2,1-3H3,(H,37,39)/b8-4+/t22?,24?,26?,29?,31?,34-,44?/m0/s1. The van der Waals surface area contributed by atoms with Gasteiger partial charge in [-0.25, -0.2) is 9.19 Å². The number of nitrogens with one attached hydrogen (secondary N) is 1. The van der Waals surface area contributed by atoms with E-state index in [1.54, 1.807) is 20.3 Å². The number of carbonyl (C=O) groups excluding carboxylic acids is 1. The Morgan fingerprint density at radius 1 is 1.23 bits per heavy atom. The topological polar surface area (TPSA) is 90.0 Å². The van der Waals surface area contributed by atoms with Crippen LogP contribution < -0.4 is 14.4 Å². The van der Waals surface area contributed by atoms with Crippen LogP contribution >= 0.6 is 11.6 Å². The maximum Gasteiger partial charge on any atom is 0.281 e. The third-order valence-corrected chi connectivity index (χ3v) is 12.1. The number of aryl methyl sites for hydroxylation is 1. The number of fused-ring (bicyclic) bond motifs is 4. The first-order chi connectivity index (χ1) is 21.3. The molecule has 1 aromatic carbocycles. The molecule has 1 amide bonds. The van der Waals surface area contributed by atoms with Crippen LogP contribution in [0.2, 0.25) is 5.02 Å². The average molecular weight is 642 g/mol. The number of methoxy groups -OCH3 is 2. The Labute approximate surface area is 268 Å². The van der Waals surface area contributed by atoms with Crippen LogP contribution in [0.5, 0.6) is 5.75 Å². The molecule has 1 N–H and O–H groups in total. The Morgan fingerprint density at radius 3 is 2.86 bits per heavy atom. The fourth-order valence-corrected chi connectivity index (χ4v) is 9.15. The van der Waals surface area contributed by atoms with Crippen LogP contribution in [0.25, 0.3) is 0 Å². The molecule has 2 aliphatic heterocycles. The number of hydrogen-bond acceptors (Lipinski definition) is 7. The van der Waals surface area contributed by atoms with Gasteiger partial charge in [0, 0.05) is 44.4 Å². The number of pyridine rings is 1. The molecular formula is C34H44ClN3O5S. The Balaban J connectivity index is 1.39. The van der Waals surface area contributed by atoms with Crippen LogP contribution in [0.3, 0.4) is 0 Å². The SMILES string of the molecule is COCCC1C(C)C/C=C/C(OC)C2CCC2CN2C[C@@]3(CCCc4cc(Cl)ccc43)COc3ccc(nc32)C(=O)NS1=O. The number of halogens is 1. The molecule has 0 saturated heterocycles. The van der Waals surface area contributed by atoms with Crippen molar-refractivity contribution in [2.24, 2.45) is 17.8 Å². The maximum absolute atomic E-state index is 13.6. The van der Waals surface area contributed by atoms with Crippen LogP contribution in [0.4, 0.5) is 5.82 Å². The van der Waals surface area contributed by atoms with Crippen molar-refractivity contribution in [2.75, 3.05) is 45.4 Å². The highest BCUT2D eigenvalue weighted by Crippen LogP contribution is 2.46. The van der Waals surface area contributed by atoms with Gasteiger partial charge in [0.15, 0.2) is 11.6 Å². The highest BCUT2D eigenvalue weighted by Gasteiger charge is 2.45. The van der Waals surface area contributed by atoms with E-state index < -0.39 is 16.9 Å². The zero-order chi connectivity index (χ0) is 30.8. The van der Waals surface area contributed by atoms with Gasteiger partial charge < -0.3 is 19.1 Å². The minimum Gasteiger partial charge on any atom is -0.489 e. The van der Waals surface area contributed by atoms with Crippen molar-refractivity contribution in [1.82, 2.24) is 9.71 Å². The molecule has 6 unspecified atom stereocenters. The number of ether oxygens (including phenoxy) is 3. The second-order valence-corrected chi connectivity index (χ2v) is 14.9. The average Bonchev–Trinajstić information content (AvgIpc) is 3.15. The van der Waals surface area contributed by atoms with Crippen molar-refractivity contribution in [1.29, 1.82) is 0 Å². The summed E-state index contributed by atoms with van der Waals surface area (Å²) in [7, 11) is 1.81. The molecule has 1 fully saturated rings. The van der Waals surface area contributed by atoms with Gasteiger partial charge >= 0.3 is 0 Å². The van der Waals surface area contributed by atoms with Crippen LogP contribution in [0.1, 0.15) is 67.1 Å². The molecule has 44 heavy (non-hydrogen) atoms. The molecule has 1 aromatic heterocycles. The number of allylic oxidation sites excluding steroid dienone is 1. The summed E-state index contributed by atoms with van der Waals surface area (Å²) in [5, 5.41) is 0.488. The molecule has 8 nitrogen and oxygen atoms in total. The lowest BCUT2D eigenvalue weighted by Crippen LogP contribution is -2.50. The smallest absolute Gasteiger partial charge is 0.281 e. The molecule has 4 aliphatic rings. The molecule has 6 rings (SSSR count). The second kappa shape index (κ2) is 13.5. The number of carbonyl (C=O) groups is 1. The number of nitrogens with zero attached hydrogens (tertiary/aromatic N) is 2. The van der Waals surface area contributed by atoms with Crippen LogP contribution in [0.15, 0.2) is 42.5 Å². The van der Waals surface area contributed by atoms with Gasteiger partial charge in [0.2, 0.25) is 0 Å².